The number of amides is 1. The molecule has 5 N–H and O–H groups in total. The summed E-state index contributed by atoms with van der Waals surface area (Å²) in [7, 11) is 1.53. The van der Waals surface area contributed by atoms with E-state index in [9.17, 15) is 4.79 Å². The number of methoxy groups -OCH3 is 1. The first-order valence-corrected chi connectivity index (χ1v) is 6.73. The van der Waals surface area contributed by atoms with Gasteiger partial charge in [0.15, 0.2) is 0 Å². The number of nitrogens with two attached hydrogens (primary N) is 2. The number of carbonyl (C=O) groups is 1. The lowest BCUT2D eigenvalue weighted by Gasteiger charge is -2.07. The van der Waals surface area contributed by atoms with Crippen molar-refractivity contribution in [1.82, 2.24) is 4.98 Å². The van der Waals surface area contributed by atoms with Gasteiger partial charge in [0.25, 0.3) is 5.91 Å². The van der Waals surface area contributed by atoms with E-state index in [1.54, 1.807) is 12.3 Å². The highest BCUT2D eigenvalue weighted by molar-refractivity contribution is 7.17. The van der Waals surface area contributed by atoms with Crippen molar-refractivity contribution in [2.45, 2.75) is 6.54 Å². The molecule has 0 radical (unpaired) electrons. The highest BCUT2D eigenvalue weighted by Gasteiger charge is 2.19. The molecule has 0 aliphatic heterocycles. The molecule has 0 bridgehead atoms. The fraction of sp³-hybridized carbons (Fsp3) is 0.154. The van der Waals surface area contributed by atoms with E-state index in [0.29, 0.717) is 17.4 Å². The predicted molar refractivity (Wildman–Crippen MR) is 80.1 cm³/mol. The summed E-state index contributed by atoms with van der Waals surface area (Å²) in [6, 6.07) is 5.51. The second-order valence-electron chi connectivity index (χ2n) is 4.09. The average molecular weight is 303 g/mol. The third-order valence-electron chi connectivity index (χ3n) is 2.75. The number of aromatic nitrogens is 1. The number of nitrogens with one attached hydrogen (secondary N) is 1. The molecule has 0 aliphatic carbocycles. The van der Waals surface area contributed by atoms with Gasteiger partial charge in [-0.1, -0.05) is 0 Å². The molecule has 0 fully saturated rings. The Kier molecular flexibility index (Phi) is 4.25. The van der Waals surface area contributed by atoms with Gasteiger partial charge in [-0.15, -0.1) is 11.3 Å². The molecule has 2 heterocycles. The smallest absolute Gasteiger partial charge is 0.253 e. The summed E-state index contributed by atoms with van der Waals surface area (Å²) in [5.41, 5.74) is 12.2. The molecule has 108 valence electrons. The molecule has 0 aliphatic rings. The zero-order chi connectivity index (χ0) is 15.4. The van der Waals surface area contributed by atoms with Gasteiger partial charge >= 0.3 is 0 Å². The van der Waals surface area contributed by atoms with E-state index >= 15 is 0 Å². The van der Waals surface area contributed by atoms with E-state index < -0.39 is 5.91 Å². The van der Waals surface area contributed by atoms with Gasteiger partial charge in [0.1, 0.15) is 15.9 Å². The number of carbonyl (C=O) groups excluding carboxylic acids is 1. The minimum absolute atomic E-state index is 0.116. The molecule has 2 rings (SSSR count). The van der Waals surface area contributed by atoms with Crippen LogP contribution in [-0.4, -0.2) is 18.0 Å². The Balaban J connectivity index is 2.24. The van der Waals surface area contributed by atoms with Crippen molar-refractivity contribution in [3.63, 3.8) is 0 Å². The van der Waals surface area contributed by atoms with E-state index in [1.165, 1.54) is 7.11 Å². The second kappa shape index (κ2) is 6.11. The average Bonchev–Trinajstić information content (AvgIpc) is 2.81. The summed E-state index contributed by atoms with van der Waals surface area (Å²) < 4.78 is 5.04. The zero-order valence-corrected chi connectivity index (χ0v) is 12.0. The number of pyridine rings is 1. The molecular weight excluding hydrogens is 290 g/mol. The Morgan fingerprint density at radius 2 is 2.38 bits per heavy atom. The van der Waals surface area contributed by atoms with E-state index in [-0.39, 0.29) is 16.1 Å². The van der Waals surface area contributed by atoms with Crippen LogP contribution < -0.4 is 21.5 Å². The highest BCUT2D eigenvalue weighted by Crippen LogP contribution is 2.35. The van der Waals surface area contributed by atoms with E-state index in [2.05, 4.69) is 10.3 Å². The SMILES string of the molecule is COc1cc(CNc2sc(C#N)c(N)c2C(N)=O)ccn1. The molecule has 0 unspecified atom stereocenters. The number of hydrogen-bond donors (Lipinski definition) is 3. The molecule has 7 nitrogen and oxygen atoms in total. The molecule has 0 saturated heterocycles. The van der Waals surface area contributed by atoms with E-state index in [1.807, 2.05) is 12.1 Å². The molecular formula is C13H13N5O2S. The minimum atomic E-state index is -0.667. The molecule has 0 aromatic carbocycles. The maximum Gasteiger partial charge on any atom is 0.253 e. The van der Waals surface area contributed by atoms with E-state index in [4.69, 9.17) is 21.5 Å². The number of anilines is 2. The largest absolute Gasteiger partial charge is 0.481 e. The maximum absolute atomic E-state index is 11.5. The fourth-order valence-corrected chi connectivity index (χ4v) is 2.67. The molecule has 8 heteroatoms. The Labute approximate surface area is 125 Å². The summed E-state index contributed by atoms with van der Waals surface area (Å²) in [6.45, 7) is 0.421. The molecule has 2 aromatic heterocycles. The van der Waals surface area contributed by atoms with Crippen LogP contribution in [0.4, 0.5) is 10.7 Å². The molecule has 0 atom stereocenters. The van der Waals surface area contributed by atoms with Gasteiger partial charge in [-0.05, 0) is 11.6 Å². The first-order valence-electron chi connectivity index (χ1n) is 5.91. The van der Waals surface area contributed by atoms with E-state index in [0.717, 1.165) is 16.9 Å². The monoisotopic (exact) mass is 303 g/mol. The molecule has 0 saturated carbocycles. The number of nitrogens with zero attached hydrogens (tertiary/aromatic N) is 2. The number of nitrogen functional groups attached to an aromatic ring is 1. The van der Waals surface area contributed by atoms with Crippen LogP contribution in [-0.2, 0) is 6.54 Å². The Morgan fingerprint density at radius 3 is 3.00 bits per heavy atom. The first-order chi connectivity index (χ1) is 10.1. The quantitative estimate of drug-likeness (QED) is 0.764. The van der Waals surface area contributed by atoms with Crippen molar-refractivity contribution in [3.8, 4) is 11.9 Å². The Hall–Kier alpha value is -2.79. The number of hydrogen-bond acceptors (Lipinski definition) is 7. The minimum Gasteiger partial charge on any atom is -0.481 e. The molecule has 2 aromatic rings. The van der Waals surface area contributed by atoms with Crippen LogP contribution in [0.3, 0.4) is 0 Å². The highest BCUT2D eigenvalue weighted by atomic mass is 32.1. The second-order valence-corrected chi connectivity index (χ2v) is 5.11. The standard InChI is InChI=1S/C13H13N5O2S/c1-20-9-4-7(2-3-17-9)6-18-13-10(12(16)19)11(15)8(5-14)21-13/h2-4,18H,6,15H2,1H3,(H2,16,19). The lowest BCUT2D eigenvalue weighted by atomic mass is 10.2. The van der Waals surface area contributed by atoms with Gasteiger partial charge in [-0.2, -0.15) is 5.26 Å². The summed E-state index contributed by atoms with van der Waals surface area (Å²) in [5.74, 6) is -0.173. The van der Waals surface area contributed by atoms with Crippen LogP contribution in [0, 0.1) is 11.3 Å². The summed E-state index contributed by atoms with van der Waals surface area (Å²) in [5, 5.41) is 12.5. The molecule has 1 amide bonds. The topological polar surface area (TPSA) is 127 Å². The third-order valence-corrected chi connectivity index (χ3v) is 3.82. The van der Waals surface area contributed by atoms with Gasteiger partial charge in [0, 0.05) is 18.8 Å². The zero-order valence-electron chi connectivity index (χ0n) is 11.2. The van der Waals surface area contributed by atoms with Crippen LogP contribution >= 0.6 is 11.3 Å². The van der Waals surface area contributed by atoms with Gasteiger partial charge in [0.2, 0.25) is 5.88 Å². The normalized spacial score (nSPS) is 9.90. The van der Waals surface area contributed by atoms with Crippen LogP contribution in [0.1, 0.15) is 20.8 Å². The number of primary amides is 1. The summed E-state index contributed by atoms with van der Waals surface area (Å²) in [4.78, 5) is 15.7. The van der Waals surface area contributed by atoms with Gasteiger partial charge in [-0.25, -0.2) is 4.98 Å². The maximum atomic E-state index is 11.5. The predicted octanol–water partition coefficient (Wildman–Crippen LogP) is 1.32. The van der Waals surface area contributed by atoms with Crippen LogP contribution in [0.25, 0.3) is 0 Å². The summed E-state index contributed by atoms with van der Waals surface area (Å²) in [6.07, 6.45) is 1.62. The Bertz CT molecular complexity index is 720. The van der Waals surface area contributed by atoms with Crippen molar-refractivity contribution < 1.29 is 9.53 Å². The third kappa shape index (κ3) is 3.04. The van der Waals surface area contributed by atoms with Crippen molar-refractivity contribution in [1.29, 1.82) is 5.26 Å². The van der Waals surface area contributed by atoms with Crippen molar-refractivity contribution in [2.24, 2.45) is 5.73 Å². The lowest BCUT2D eigenvalue weighted by molar-refractivity contribution is 0.100. The molecule has 0 spiro atoms. The van der Waals surface area contributed by atoms with Crippen molar-refractivity contribution >= 4 is 27.9 Å². The number of rotatable bonds is 5. The van der Waals surface area contributed by atoms with Crippen molar-refractivity contribution in [2.75, 3.05) is 18.2 Å². The van der Waals surface area contributed by atoms with Crippen LogP contribution in [0.5, 0.6) is 5.88 Å². The first kappa shape index (κ1) is 14.6. The Morgan fingerprint density at radius 1 is 1.62 bits per heavy atom. The number of nitriles is 1. The van der Waals surface area contributed by atoms with Crippen molar-refractivity contribution in [3.05, 3.63) is 34.3 Å². The number of ether oxygens (including phenoxy) is 1. The van der Waals surface area contributed by atoms with Crippen LogP contribution in [0.15, 0.2) is 18.3 Å². The van der Waals surface area contributed by atoms with Gasteiger partial charge in [0.05, 0.1) is 18.4 Å². The summed E-state index contributed by atoms with van der Waals surface area (Å²) >= 11 is 1.10. The fourth-order valence-electron chi connectivity index (χ4n) is 1.75. The van der Waals surface area contributed by atoms with Crippen LogP contribution in [0.2, 0.25) is 0 Å². The lowest BCUT2D eigenvalue weighted by Crippen LogP contribution is -2.14. The number of thiophene rings is 1. The van der Waals surface area contributed by atoms with Gasteiger partial charge < -0.3 is 21.5 Å². The molecule has 21 heavy (non-hydrogen) atoms. The van der Waals surface area contributed by atoms with Gasteiger partial charge in [-0.3, -0.25) is 4.79 Å².